The van der Waals surface area contributed by atoms with E-state index in [-0.39, 0.29) is 31.5 Å². The molecule has 2 unspecified atom stereocenters. The quantitative estimate of drug-likeness (QED) is 0.430. The first-order valence-corrected chi connectivity index (χ1v) is 11.2. The van der Waals surface area contributed by atoms with Crippen LogP contribution in [0, 0.1) is 11.8 Å². The zero-order valence-corrected chi connectivity index (χ0v) is 18.4. The molecule has 5 atom stereocenters. The van der Waals surface area contributed by atoms with Crippen molar-refractivity contribution in [1.82, 2.24) is 4.90 Å². The Morgan fingerprint density at radius 2 is 2.09 bits per heavy atom. The number of likely N-dealkylation sites (tertiary alicyclic amines) is 1. The molecule has 8 nitrogen and oxygen atoms in total. The number of ether oxygens (including phenoxy) is 1. The van der Waals surface area contributed by atoms with Crippen LogP contribution in [0.3, 0.4) is 0 Å². The summed E-state index contributed by atoms with van der Waals surface area (Å²) in [5.41, 5.74) is -0.689. The molecular weight excluding hydrogens is 436 g/mol. The van der Waals surface area contributed by atoms with E-state index in [1.807, 2.05) is 0 Å². The van der Waals surface area contributed by atoms with Crippen LogP contribution < -0.4 is 4.90 Å². The topological polar surface area (TPSA) is 107 Å². The molecule has 4 rings (SSSR count). The van der Waals surface area contributed by atoms with Gasteiger partial charge in [-0.2, -0.15) is 0 Å². The van der Waals surface area contributed by atoms with E-state index >= 15 is 0 Å². The number of carbonyl (C=O) groups is 3. The Morgan fingerprint density at radius 3 is 2.75 bits per heavy atom. The van der Waals surface area contributed by atoms with Crippen molar-refractivity contribution in [1.29, 1.82) is 0 Å². The molecule has 3 heterocycles. The van der Waals surface area contributed by atoms with Gasteiger partial charge in [0.2, 0.25) is 5.91 Å². The number of carboxylic acids is 1. The molecule has 3 aliphatic heterocycles. The molecule has 3 saturated heterocycles. The molecule has 0 aromatic heterocycles. The lowest BCUT2D eigenvalue weighted by molar-refractivity contribution is -0.149. The van der Waals surface area contributed by atoms with Gasteiger partial charge in [-0.05, 0) is 37.8 Å². The molecule has 172 valence electrons. The number of fused-ring (bicyclic) bond motifs is 1. The number of benzene rings is 1. The van der Waals surface area contributed by atoms with Crippen LogP contribution in [-0.4, -0.2) is 70.3 Å². The summed E-state index contributed by atoms with van der Waals surface area (Å²) in [7, 11) is 0. The molecule has 32 heavy (non-hydrogen) atoms. The summed E-state index contributed by atoms with van der Waals surface area (Å²) >= 11 is 6.38. The summed E-state index contributed by atoms with van der Waals surface area (Å²) in [5.74, 6) is -3.69. The fourth-order valence-corrected chi connectivity index (χ4v) is 5.84. The van der Waals surface area contributed by atoms with Crippen molar-refractivity contribution in [3.63, 3.8) is 0 Å². The zero-order valence-electron chi connectivity index (χ0n) is 17.7. The number of nitrogens with zero attached hydrogens (tertiary/aromatic N) is 2. The Balaban J connectivity index is 1.77. The minimum atomic E-state index is -1.18. The van der Waals surface area contributed by atoms with Gasteiger partial charge in [0.25, 0.3) is 5.91 Å². The molecule has 1 spiro atoms. The molecule has 3 aliphatic rings. The second kappa shape index (κ2) is 8.84. The second-order valence-electron chi connectivity index (χ2n) is 8.55. The average molecular weight is 463 g/mol. The van der Waals surface area contributed by atoms with Crippen LogP contribution in [-0.2, 0) is 19.1 Å². The molecule has 1 aromatic rings. The Morgan fingerprint density at radius 1 is 1.34 bits per heavy atom. The first-order chi connectivity index (χ1) is 15.4. The standard InChI is InChI=1S/C23H27ClN2O6/c1-2-11-25(15-8-4-3-7-14(15)24)21(29)19-23-10-9-16(32-23)17(22(30)31)18(23)20(28)26(19)12-5-6-13-27/h2-4,7-8,16-19,27H,1,5-6,9-13H2,(H,30,31)/t16-,17+,18-,19?,23?/m0/s1. The highest BCUT2D eigenvalue weighted by molar-refractivity contribution is 6.34. The second-order valence-corrected chi connectivity index (χ2v) is 8.95. The number of carbonyl (C=O) groups excluding carboxylic acids is 2. The highest BCUT2D eigenvalue weighted by atomic mass is 35.5. The van der Waals surface area contributed by atoms with Crippen LogP contribution in [0.15, 0.2) is 36.9 Å². The number of aliphatic carboxylic acids is 1. The van der Waals surface area contributed by atoms with Gasteiger partial charge in [-0.1, -0.05) is 29.8 Å². The number of unbranched alkanes of at least 4 members (excludes halogenated alkanes) is 1. The largest absolute Gasteiger partial charge is 0.481 e. The number of aliphatic hydroxyl groups is 1. The van der Waals surface area contributed by atoms with Crippen molar-refractivity contribution in [3.8, 4) is 0 Å². The Bertz CT molecular complexity index is 939. The maximum atomic E-state index is 14.0. The predicted octanol–water partition coefficient (Wildman–Crippen LogP) is 2.09. The highest BCUT2D eigenvalue weighted by Crippen LogP contribution is 2.58. The molecule has 2 bridgehead atoms. The molecule has 2 amide bonds. The van der Waals surface area contributed by atoms with Gasteiger partial charge in [-0.15, -0.1) is 6.58 Å². The number of halogens is 1. The highest BCUT2D eigenvalue weighted by Gasteiger charge is 2.74. The van der Waals surface area contributed by atoms with E-state index in [2.05, 4.69) is 6.58 Å². The number of anilines is 1. The van der Waals surface area contributed by atoms with Gasteiger partial charge in [0.15, 0.2) is 0 Å². The van der Waals surface area contributed by atoms with Gasteiger partial charge < -0.3 is 24.7 Å². The van der Waals surface area contributed by atoms with Gasteiger partial charge in [0.05, 0.1) is 28.6 Å². The van der Waals surface area contributed by atoms with E-state index in [1.165, 1.54) is 9.80 Å². The van der Waals surface area contributed by atoms with Gasteiger partial charge in [0.1, 0.15) is 11.6 Å². The molecule has 2 N–H and O–H groups in total. The molecule has 9 heteroatoms. The van der Waals surface area contributed by atoms with Crippen molar-refractivity contribution in [2.24, 2.45) is 11.8 Å². The van der Waals surface area contributed by atoms with Gasteiger partial charge in [-0.25, -0.2) is 0 Å². The van der Waals surface area contributed by atoms with Gasteiger partial charge in [0, 0.05) is 19.7 Å². The van der Waals surface area contributed by atoms with E-state index in [0.29, 0.717) is 36.4 Å². The fourth-order valence-electron chi connectivity index (χ4n) is 5.60. The van der Waals surface area contributed by atoms with Crippen LogP contribution in [0.5, 0.6) is 0 Å². The number of amides is 2. The Kier molecular flexibility index (Phi) is 6.29. The van der Waals surface area contributed by atoms with Crippen LogP contribution in [0.1, 0.15) is 25.7 Å². The predicted molar refractivity (Wildman–Crippen MR) is 117 cm³/mol. The van der Waals surface area contributed by atoms with Crippen LogP contribution in [0.4, 0.5) is 5.69 Å². The molecular formula is C23H27ClN2O6. The van der Waals surface area contributed by atoms with Crippen molar-refractivity contribution in [2.75, 3.05) is 24.6 Å². The summed E-state index contributed by atoms with van der Waals surface area (Å²) in [6.45, 7) is 4.12. The number of aliphatic hydroxyl groups excluding tert-OH is 1. The third-order valence-electron chi connectivity index (χ3n) is 6.85. The van der Waals surface area contributed by atoms with E-state index in [4.69, 9.17) is 16.3 Å². The normalized spacial score (nSPS) is 30.4. The minimum Gasteiger partial charge on any atom is -0.481 e. The maximum absolute atomic E-state index is 14.0. The summed E-state index contributed by atoms with van der Waals surface area (Å²) in [5, 5.41) is 19.4. The van der Waals surface area contributed by atoms with Gasteiger partial charge >= 0.3 is 5.97 Å². The third kappa shape index (κ3) is 3.41. The summed E-state index contributed by atoms with van der Waals surface area (Å²) in [4.78, 5) is 42.5. The zero-order chi connectivity index (χ0) is 23.0. The fraction of sp³-hybridized carbons (Fsp3) is 0.522. The Labute approximate surface area is 191 Å². The Hall–Kier alpha value is -2.42. The van der Waals surface area contributed by atoms with Gasteiger partial charge in [-0.3, -0.25) is 14.4 Å². The molecule has 1 aromatic carbocycles. The summed E-state index contributed by atoms with van der Waals surface area (Å²) < 4.78 is 6.19. The monoisotopic (exact) mass is 462 g/mol. The average Bonchev–Trinajstić information content (AvgIpc) is 3.40. The SMILES string of the molecule is C=CCN(C(=O)C1N(CCCCO)C(=O)[C@@H]2[C@H](C(=O)O)[C@@H]3CCC12O3)c1ccccc1Cl. The lowest BCUT2D eigenvalue weighted by Gasteiger charge is -2.37. The first kappa shape index (κ1) is 22.8. The molecule has 0 radical (unpaired) electrons. The van der Waals surface area contributed by atoms with Crippen molar-refractivity contribution >= 4 is 35.1 Å². The smallest absolute Gasteiger partial charge is 0.310 e. The number of para-hydroxylation sites is 1. The lowest BCUT2D eigenvalue weighted by Crippen LogP contribution is -2.56. The van der Waals surface area contributed by atoms with Crippen molar-refractivity contribution in [2.45, 2.75) is 43.4 Å². The number of hydrogen-bond donors (Lipinski definition) is 2. The lowest BCUT2D eigenvalue weighted by atomic mass is 9.70. The van der Waals surface area contributed by atoms with E-state index in [0.717, 1.165) is 0 Å². The number of hydrogen-bond acceptors (Lipinski definition) is 5. The minimum absolute atomic E-state index is 0.0340. The molecule has 3 fully saturated rings. The first-order valence-electron chi connectivity index (χ1n) is 10.9. The van der Waals surface area contributed by atoms with Crippen LogP contribution >= 0.6 is 11.6 Å². The number of rotatable bonds is 9. The van der Waals surface area contributed by atoms with E-state index in [9.17, 15) is 24.6 Å². The molecule has 0 saturated carbocycles. The maximum Gasteiger partial charge on any atom is 0.310 e. The van der Waals surface area contributed by atoms with E-state index in [1.54, 1.807) is 30.3 Å². The van der Waals surface area contributed by atoms with E-state index < -0.39 is 35.6 Å². The summed E-state index contributed by atoms with van der Waals surface area (Å²) in [6, 6.07) is 5.96. The summed E-state index contributed by atoms with van der Waals surface area (Å²) in [6.07, 6.45) is 2.89. The van der Waals surface area contributed by atoms with Crippen LogP contribution in [0.2, 0.25) is 5.02 Å². The third-order valence-corrected chi connectivity index (χ3v) is 7.17. The van der Waals surface area contributed by atoms with Crippen LogP contribution in [0.25, 0.3) is 0 Å². The molecule has 0 aliphatic carbocycles. The van der Waals surface area contributed by atoms with Crippen molar-refractivity contribution < 1.29 is 29.3 Å². The van der Waals surface area contributed by atoms with Crippen molar-refractivity contribution in [3.05, 3.63) is 41.9 Å². The number of carboxylic acid groups (broad SMARTS) is 1.